The van der Waals surface area contributed by atoms with Gasteiger partial charge in [-0.15, -0.1) is 0 Å². The maximum Gasteiger partial charge on any atom is 0.119 e. The zero-order valence-electron chi connectivity index (χ0n) is 13.1. The van der Waals surface area contributed by atoms with Crippen molar-refractivity contribution in [3.8, 4) is 16.9 Å². The number of rotatable bonds is 8. The van der Waals surface area contributed by atoms with E-state index in [1.165, 1.54) is 25.3 Å². The predicted molar refractivity (Wildman–Crippen MR) is 91.7 cm³/mol. The van der Waals surface area contributed by atoms with E-state index in [9.17, 15) is 4.39 Å². The highest BCUT2D eigenvalue weighted by Crippen LogP contribution is 2.23. The maximum absolute atomic E-state index is 12.1. The van der Waals surface area contributed by atoms with E-state index in [0.717, 1.165) is 35.5 Å². The standard InChI is InChI=1S/C20H23FO/c1-2-3-4-5-16-22-20-12-10-19(11-13-20)18-8-6-17(7-9-18)14-15-21/h6-15H,2-5,16H2,1H3/b15-14+. The number of ether oxygens (including phenoxy) is 1. The van der Waals surface area contributed by atoms with Crippen LogP contribution in [0.1, 0.15) is 38.2 Å². The third-order valence-corrected chi connectivity index (χ3v) is 3.62. The summed E-state index contributed by atoms with van der Waals surface area (Å²) in [5.74, 6) is 0.914. The van der Waals surface area contributed by atoms with Gasteiger partial charge in [0, 0.05) is 0 Å². The van der Waals surface area contributed by atoms with Crippen LogP contribution in [0.3, 0.4) is 0 Å². The van der Waals surface area contributed by atoms with Crippen LogP contribution in [0, 0.1) is 0 Å². The molecule has 0 aliphatic heterocycles. The normalized spacial score (nSPS) is 11.0. The van der Waals surface area contributed by atoms with Crippen molar-refractivity contribution >= 4 is 6.08 Å². The van der Waals surface area contributed by atoms with Crippen LogP contribution in [0.15, 0.2) is 54.9 Å². The Hall–Kier alpha value is -2.09. The molecule has 0 radical (unpaired) electrons. The van der Waals surface area contributed by atoms with Gasteiger partial charge in [0.2, 0.25) is 0 Å². The van der Waals surface area contributed by atoms with Gasteiger partial charge in [0.05, 0.1) is 12.9 Å². The summed E-state index contributed by atoms with van der Waals surface area (Å²) < 4.78 is 17.9. The number of benzene rings is 2. The van der Waals surface area contributed by atoms with Crippen molar-refractivity contribution < 1.29 is 9.13 Å². The topological polar surface area (TPSA) is 9.23 Å². The molecule has 0 saturated carbocycles. The van der Waals surface area contributed by atoms with Crippen LogP contribution in [0.25, 0.3) is 17.2 Å². The van der Waals surface area contributed by atoms with Gasteiger partial charge in [0.15, 0.2) is 0 Å². The summed E-state index contributed by atoms with van der Waals surface area (Å²) >= 11 is 0. The fraction of sp³-hybridized carbons (Fsp3) is 0.300. The molecule has 0 aliphatic rings. The van der Waals surface area contributed by atoms with Crippen LogP contribution in [0.5, 0.6) is 5.75 Å². The molecule has 22 heavy (non-hydrogen) atoms. The third kappa shape index (κ3) is 5.03. The first-order chi connectivity index (χ1) is 10.8. The van der Waals surface area contributed by atoms with Crippen molar-refractivity contribution in [3.05, 3.63) is 60.4 Å². The fourth-order valence-corrected chi connectivity index (χ4v) is 2.32. The number of unbranched alkanes of at least 4 members (excludes halogenated alkanes) is 3. The Morgan fingerprint density at radius 2 is 1.50 bits per heavy atom. The summed E-state index contributed by atoms with van der Waals surface area (Å²) in [4.78, 5) is 0. The molecular weight excluding hydrogens is 275 g/mol. The van der Waals surface area contributed by atoms with Crippen LogP contribution in [-0.4, -0.2) is 6.61 Å². The van der Waals surface area contributed by atoms with E-state index in [1.807, 2.05) is 36.4 Å². The van der Waals surface area contributed by atoms with Gasteiger partial charge < -0.3 is 4.74 Å². The first-order valence-corrected chi connectivity index (χ1v) is 7.93. The minimum absolute atomic E-state index is 0.557. The summed E-state index contributed by atoms with van der Waals surface area (Å²) in [6.07, 6.45) is 6.86. The van der Waals surface area contributed by atoms with E-state index in [4.69, 9.17) is 4.74 Å². The van der Waals surface area contributed by atoms with Gasteiger partial charge in [-0.2, -0.15) is 0 Å². The van der Waals surface area contributed by atoms with Crippen LogP contribution < -0.4 is 4.74 Å². The molecule has 2 heteroatoms. The molecule has 0 fully saturated rings. The molecule has 0 aliphatic carbocycles. The van der Waals surface area contributed by atoms with Crippen molar-refractivity contribution in [1.29, 1.82) is 0 Å². The summed E-state index contributed by atoms with van der Waals surface area (Å²) in [5, 5.41) is 0. The molecule has 2 rings (SSSR count). The highest BCUT2D eigenvalue weighted by Gasteiger charge is 1.99. The minimum Gasteiger partial charge on any atom is -0.494 e. The molecule has 0 bridgehead atoms. The van der Waals surface area contributed by atoms with Crippen LogP contribution in [0.4, 0.5) is 4.39 Å². The highest BCUT2D eigenvalue weighted by molar-refractivity contribution is 5.66. The van der Waals surface area contributed by atoms with E-state index in [-0.39, 0.29) is 0 Å². The van der Waals surface area contributed by atoms with Crippen molar-refractivity contribution in [2.24, 2.45) is 0 Å². The second kappa shape index (κ2) is 9.04. The molecule has 0 aromatic heterocycles. The SMILES string of the molecule is CCCCCCOc1ccc(-c2ccc(/C=C/F)cc2)cc1. The van der Waals surface area contributed by atoms with E-state index >= 15 is 0 Å². The summed E-state index contributed by atoms with van der Waals surface area (Å²) in [5.41, 5.74) is 3.11. The molecule has 0 atom stereocenters. The van der Waals surface area contributed by atoms with Gasteiger partial charge in [-0.3, -0.25) is 0 Å². The van der Waals surface area contributed by atoms with Crippen molar-refractivity contribution in [2.75, 3.05) is 6.61 Å². The smallest absolute Gasteiger partial charge is 0.119 e. The van der Waals surface area contributed by atoms with Crippen LogP contribution in [-0.2, 0) is 0 Å². The highest BCUT2D eigenvalue weighted by atomic mass is 19.1. The zero-order valence-corrected chi connectivity index (χ0v) is 13.1. The summed E-state index contributed by atoms with van der Waals surface area (Å²) in [6.45, 7) is 2.99. The van der Waals surface area contributed by atoms with Gasteiger partial charge in [-0.1, -0.05) is 62.6 Å². The van der Waals surface area contributed by atoms with Crippen LogP contribution >= 0.6 is 0 Å². The maximum atomic E-state index is 12.1. The lowest BCUT2D eigenvalue weighted by atomic mass is 10.0. The lowest BCUT2D eigenvalue weighted by Crippen LogP contribution is -1.96. The zero-order chi connectivity index (χ0) is 15.6. The number of halogens is 1. The molecule has 0 N–H and O–H groups in total. The molecule has 116 valence electrons. The second-order valence-corrected chi connectivity index (χ2v) is 5.35. The molecule has 0 saturated heterocycles. The molecule has 0 unspecified atom stereocenters. The minimum atomic E-state index is 0.557. The first kappa shape index (κ1) is 16.3. The van der Waals surface area contributed by atoms with Gasteiger partial charge in [0.1, 0.15) is 5.75 Å². The van der Waals surface area contributed by atoms with E-state index < -0.39 is 0 Å². The van der Waals surface area contributed by atoms with Crippen molar-refractivity contribution in [1.82, 2.24) is 0 Å². The monoisotopic (exact) mass is 298 g/mol. The largest absolute Gasteiger partial charge is 0.494 e. The average molecular weight is 298 g/mol. The van der Waals surface area contributed by atoms with Crippen molar-refractivity contribution in [2.45, 2.75) is 32.6 Å². The number of hydrogen-bond donors (Lipinski definition) is 0. The van der Waals surface area contributed by atoms with Crippen LogP contribution in [0.2, 0.25) is 0 Å². The predicted octanol–water partition coefficient (Wildman–Crippen LogP) is 6.25. The Bertz CT molecular complexity index is 570. The first-order valence-electron chi connectivity index (χ1n) is 7.93. The van der Waals surface area contributed by atoms with E-state index in [1.54, 1.807) is 0 Å². The quantitative estimate of drug-likeness (QED) is 0.523. The van der Waals surface area contributed by atoms with E-state index in [0.29, 0.717) is 6.33 Å². The van der Waals surface area contributed by atoms with Gasteiger partial charge in [-0.05, 0) is 41.3 Å². The fourth-order valence-electron chi connectivity index (χ4n) is 2.32. The Balaban J connectivity index is 1.90. The molecule has 2 aromatic rings. The molecule has 0 spiro atoms. The average Bonchev–Trinajstić information content (AvgIpc) is 2.56. The molecule has 2 aromatic carbocycles. The third-order valence-electron chi connectivity index (χ3n) is 3.62. The lowest BCUT2D eigenvalue weighted by Gasteiger charge is -2.07. The van der Waals surface area contributed by atoms with E-state index in [2.05, 4.69) is 19.1 Å². The molecule has 0 heterocycles. The lowest BCUT2D eigenvalue weighted by molar-refractivity contribution is 0.305. The molecular formula is C20H23FO. The van der Waals surface area contributed by atoms with Crippen molar-refractivity contribution in [3.63, 3.8) is 0 Å². The Kier molecular flexibility index (Phi) is 6.69. The van der Waals surface area contributed by atoms with Gasteiger partial charge in [0.25, 0.3) is 0 Å². The summed E-state index contributed by atoms with van der Waals surface area (Å²) in [6, 6.07) is 15.9. The second-order valence-electron chi connectivity index (χ2n) is 5.35. The molecule has 1 nitrogen and oxygen atoms in total. The number of hydrogen-bond acceptors (Lipinski definition) is 1. The Morgan fingerprint density at radius 1 is 0.864 bits per heavy atom. The Labute approximate surface area is 132 Å². The molecule has 0 amide bonds. The Morgan fingerprint density at radius 3 is 2.09 bits per heavy atom. The van der Waals surface area contributed by atoms with Gasteiger partial charge in [-0.25, -0.2) is 4.39 Å². The summed E-state index contributed by atoms with van der Waals surface area (Å²) in [7, 11) is 0. The van der Waals surface area contributed by atoms with Gasteiger partial charge >= 0.3 is 0 Å².